The topological polar surface area (TPSA) is 51.0 Å². The van der Waals surface area contributed by atoms with E-state index in [0.717, 1.165) is 50.6 Å². The second kappa shape index (κ2) is 28.2. The van der Waals surface area contributed by atoms with E-state index in [1.165, 1.54) is 21.7 Å². The van der Waals surface area contributed by atoms with Crippen LogP contribution in [-0.2, 0) is 17.3 Å². The average Bonchev–Trinajstić information content (AvgIpc) is 3.85. The van der Waals surface area contributed by atoms with Crippen molar-refractivity contribution in [2.45, 2.75) is 25.3 Å². The number of rotatable bonds is 9. The van der Waals surface area contributed by atoms with Crippen molar-refractivity contribution in [1.29, 1.82) is 0 Å². The molecule has 3 N–H and O–H groups in total. The van der Waals surface area contributed by atoms with Crippen LogP contribution in [0.2, 0.25) is 0 Å². The number of anilines is 2. The van der Waals surface area contributed by atoms with Crippen LogP contribution in [0.15, 0.2) is 207 Å². The zero-order valence-corrected chi connectivity index (χ0v) is 39.6. The fourth-order valence-corrected chi connectivity index (χ4v) is 10.5. The molecule has 6 aromatic carbocycles. The molecule has 0 radical (unpaired) electrons. The first-order valence-electron chi connectivity index (χ1n) is 21.5. The SMILES string of the molecule is C=C/C=C/c1ccccc1.CC(/C=C/c1ccccc1)Nc1ccccc1.Nc1ccccc1.[CH2-]N1CCN2CCN3CCN([PH+](c4ccccc4)c4ccccc4)C3[CH-]C12.[Cl][Rh+2]. The van der Waals surface area contributed by atoms with Gasteiger partial charge in [0.25, 0.3) is 0 Å². The van der Waals surface area contributed by atoms with E-state index in [-0.39, 0.29) is 0 Å². The molecule has 3 fully saturated rings. The van der Waals surface area contributed by atoms with Gasteiger partial charge in [-0.05, 0) is 79.3 Å². The number of nitrogen functional groups attached to an aromatic ring is 1. The summed E-state index contributed by atoms with van der Waals surface area (Å²) in [7, 11) is 7.82. The summed E-state index contributed by atoms with van der Waals surface area (Å²) < 4.78 is 2.78. The van der Waals surface area contributed by atoms with Gasteiger partial charge in [-0.25, -0.2) is 0 Å². The first-order chi connectivity index (χ1) is 31.0. The first-order valence-corrected chi connectivity index (χ1v) is 25.0. The van der Waals surface area contributed by atoms with E-state index in [1.807, 2.05) is 102 Å². The average molecular weight is 964 g/mol. The van der Waals surface area contributed by atoms with E-state index >= 15 is 0 Å². The zero-order chi connectivity index (χ0) is 44.5. The molecular formula is C54H62ClN6PRh+. The second-order valence-corrected chi connectivity index (χ2v) is 17.6. The van der Waals surface area contributed by atoms with Gasteiger partial charge in [0.1, 0.15) is 18.7 Å². The van der Waals surface area contributed by atoms with Gasteiger partial charge in [0.05, 0.1) is 0 Å². The van der Waals surface area contributed by atoms with Gasteiger partial charge in [-0.2, -0.15) is 4.67 Å². The molecule has 3 aliphatic rings. The van der Waals surface area contributed by atoms with Crippen molar-refractivity contribution in [2.24, 2.45) is 0 Å². The number of nitrogens with two attached hydrogens (primary N) is 1. The van der Waals surface area contributed by atoms with Gasteiger partial charge in [-0.3, -0.25) is 13.5 Å². The molecule has 6 aromatic rings. The van der Waals surface area contributed by atoms with Crippen molar-refractivity contribution in [3.63, 3.8) is 0 Å². The molecule has 63 heavy (non-hydrogen) atoms. The molecule has 3 saturated heterocycles. The minimum absolute atomic E-state index is 0.317. The van der Waals surface area contributed by atoms with Crippen LogP contribution >= 0.6 is 17.8 Å². The molecule has 9 rings (SSSR count). The molecule has 0 aromatic heterocycles. The van der Waals surface area contributed by atoms with Gasteiger partial charge >= 0.3 is 27.0 Å². The molecule has 3 aliphatic heterocycles. The quantitative estimate of drug-likeness (QED) is 0.0495. The van der Waals surface area contributed by atoms with Crippen LogP contribution in [0.5, 0.6) is 0 Å². The van der Waals surface area contributed by atoms with E-state index in [1.54, 1.807) is 6.08 Å². The van der Waals surface area contributed by atoms with Gasteiger partial charge in [0, 0.05) is 50.1 Å². The number of para-hydroxylation sites is 2. The summed E-state index contributed by atoms with van der Waals surface area (Å²) >= 11 is 2.02. The Morgan fingerprint density at radius 2 is 1.06 bits per heavy atom. The monoisotopic (exact) mass is 963 g/mol. The molecule has 6 nitrogen and oxygen atoms in total. The summed E-state index contributed by atoms with van der Waals surface area (Å²) in [6.45, 7) is 12.5. The maximum atomic E-state index is 5.36. The Bertz CT molecular complexity index is 2130. The number of fused-ring (bicyclic) bond motifs is 2. The predicted molar refractivity (Wildman–Crippen MR) is 272 cm³/mol. The van der Waals surface area contributed by atoms with Gasteiger partial charge in [0.2, 0.25) is 0 Å². The third kappa shape index (κ3) is 16.4. The normalized spacial score (nSPS) is 17.9. The van der Waals surface area contributed by atoms with E-state index in [0.29, 0.717) is 18.4 Å². The van der Waals surface area contributed by atoms with E-state index < -0.39 is 8.07 Å². The fraction of sp³-hybridized carbons (Fsp3) is 0.185. The van der Waals surface area contributed by atoms with Crippen molar-refractivity contribution < 1.29 is 17.3 Å². The molecule has 3 atom stereocenters. The molecule has 0 amide bonds. The third-order valence-electron chi connectivity index (χ3n) is 10.7. The molecular weight excluding hydrogens is 902 g/mol. The molecule has 3 heterocycles. The Hall–Kier alpha value is -4.68. The van der Waals surface area contributed by atoms with Crippen LogP contribution < -0.4 is 21.7 Å². The van der Waals surface area contributed by atoms with Crippen molar-refractivity contribution in [3.8, 4) is 0 Å². The van der Waals surface area contributed by atoms with Crippen molar-refractivity contribution >= 4 is 51.9 Å². The zero-order valence-electron chi connectivity index (χ0n) is 36.3. The summed E-state index contributed by atoms with van der Waals surface area (Å²) in [4.78, 5) is 7.51. The van der Waals surface area contributed by atoms with Crippen LogP contribution in [0.4, 0.5) is 11.4 Å². The van der Waals surface area contributed by atoms with Crippen molar-refractivity contribution in [2.75, 3.05) is 50.3 Å². The Kier molecular flexibility index (Phi) is 22.1. The maximum absolute atomic E-state index is 5.36. The van der Waals surface area contributed by atoms with E-state index in [2.05, 4.69) is 183 Å². The Balaban J connectivity index is 0.000000177. The van der Waals surface area contributed by atoms with Gasteiger partial charge in [-0.1, -0.05) is 177 Å². The predicted octanol–water partition coefficient (Wildman–Crippen LogP) is 10.7. The minimum atomic E-state index is -1.00. The summed E-state index contributed by atoms with van der Waals surface area (Å²) in [5.74, 6) is 0. The Morgan fingerprint density at radius 1 is 0.635 bits per heavy atom. The molecule has 0 spiro atoms. The Labute approximate surface area is 393 Å². The van der Waals surface area contributed by atoms with Crippen LogP contribution in [0.1, 0.15) is 18.1 Å². The fourth-order valence-electron chi connectivity index (χ4n) is 7.61. The number of allylic oxidation sites excluding steroid dienone is 2. The summed E-state index contributed by atoms with van der Waals surface area (Å²) in [6, 6.07) is 62.8. The number of hydrogen-bond acceptors (Lipinski definition) is 6. The summed E-state index contributed by atoms with van der Waals surface area (Å²) in [5, 5.41) is 6.38. The van der Waals surface area contributed by atoms with Crippen molar-refractivity contribution in [3.05, 3.63) is 231 Å². The first kappa shape index (κ1) is 49.3. The second-order valence-electron chi connectivity index (χ2n) is 15.2. The molecule has 328 valence electrons. The molecule has 3 unspecified atom stereocenters. The molecule has 9 heteroatoms. The molecule has 0 aliphatic carbocycles. The van der Waals surface area contributed by atoms with Gasteiger partial charge in [-0.15, -0.1) is 0 Å². The number of hydrogen-bond donors (Lipinski definition) is 2. The number of halogens is 1. The van der Waals surface area contributed by atoms with Gasteiger partial charge in [0.15, 0.2) is 0 Å². The molecule has 0 bridgehead atoms. The number of nitrogens with zero attached hydrogens (tertiary/aromatic N) is 4. The summed E-state index contributed by atoms with van der Waals surface area (Å²) in [6.07, 6.45) is 13.3. The molecule has 0 saturated carbocycles. The standard InChI is InChI=1S/C22H27N4P.C16H17N.C10H10.C6H7N.ClH.Rh/c1-23-12-13-24-14-15-25-16-17-26(22(25)18-21(23)24)27(19-8-4-2-5-9-19)20-10-6-3-7-11-20;1-14(17-16-10-6-3-7-11-16)12-13-15-8-4-2-5-9-15;1-2-3-7-10-8-5-4-6-9-10;7-6-4-2-1-3-5-6;;/h2-11,18,21-22H,1,12-17H2;2-14,17H,1H3;2-9H,1H2;1-5H,7H2;1H;/q-2;;;;;+3/b;13-12+;7-3+;;;. The van der Waals surface area contributed by atoms with Gasteiger partial charge < -0.3 is 25.8 Å². The van der Waals surface area contributed by atoms with Crippen LogP contribution in [0, 0.1) is 13.5 Å². The van der Waals surface area contributed by atoms with Crippen LogP contribution in [0.25, 0.3) is 12.2 Å². The van der Waals surface area contributed by atoms with Crippen molar-refractivity contribution in [1.82, 2.24) is 19.4 Å². The van der Waals surface area contributed by atoms with Crippen LogP contribution in [-0.4, -0.2) is 77.0 Å². The third-order valence-corrected chi connectivity index (χ3v) is 13.5. The number of benzene rings is 6. The van der Waals surface area contributed by atoms with E-state index in [9.17, 15) is 0 Å². The Morgan fingerprint density at radius 3 is 1.56 bits per heavy atom. The summed E-state index contributed by atoms with van der Waals surface area (Å²) in [5.41, 5.74) is 9.77. The van der Waals surface area contributed by atoms with E-state index in [4.69, 9.17) is 5.73 Å². The van der Waals surface area contributed by atoms with Crippen LogP contribution in [0.3, 0.4) is 0 Å². The number of nitrogens with one attached hydrogen (secondary N) is 1.